The molecular weight excluding hydrogens is 296 g/mol. The summed E-state index contributed by atoms with van der Waals surface area (Å²) in [7, 11) is -3.79. The largest absolute Gasteiger partial charge is 0.454 e. The van der Waals surface area contributed by atoms with Gasteiger partial charge in [-0.1, -0.05) is 6.07 Å². The molecule has 1 aromatic heterocycles. The lowest BCUT2D eigenvalue weighted by molar-refractivity contribution is 0.174. The molecule has 1 aliphatic rings. The van der Waals surface area contributed by atoms with E-state index in [0.29, 0.717) is 18.8 Å². The summed E-state index contributed by atoms with van der Waals surface area (Å²) in [5, 5.41) is 7.89. The number of nitrogens with two attached hydrogens (primary N) is 1. The van der Waals surface area contributed by atoms with Gasteiger partial charge in [0.2, 0.25) is 11.9 Å². The zero-order valence-electron chi connectivity index (χ0n) is 11.0. The summed E-state index contributed by atoms with van der Waals surface area (Å²) in [4.78, 5) is 0. The van der Waals surface area contributed by atoms with Gasteiger partial charge in [-0.25, -0.2) is 13.6 Å². The van der Waals surface area contributed by atoms with Gasteiger partial charge in [0, 0.05) is 6.54 Å². The molecule has 1 aliphatic heterocycles. The predicted molar refractivity (Wildman–Crippen MR) is 73.2 cm³/mol. The number of ether oxygens (including phenoxy) is 2. The molecule has 7 nitrogen and oxygen atoms in total. The Labute approximate surface area is 121 Å². The zero-order valence-corrected chi connectivity index (χ0v) is 11.9. The topological polar surface area (TPSA) is 104 Å². The van der Waals surface area contributed by atoms with Crippen LogP contribution < -0.4 is 19.9 Å². The molecular formula is C13H14N2O5S. The van der Waals surface area contributed by atoms with Crippen LogP contribution in [0.3, 0.4) is 0 Å². The van der Waals surface area contributed by atoms with Crippen LogP contribution in [0.15, 0.2) is 39.8 Å². The van der Waals surface area contributed by atoms with Crippen molar-refractivity contribution >= 4 is 10.0 Å². The van der Waals surface area contributed by atoms with Crippen LogP contribution in [0.2, 0.25) is 0 Å². The molecule has 1 aromatic carbocycles. The zero-order chi connectivity index (χ0) is 14.9. The van der Waals surface area contributed by atoms with Crippen molar-refractivity contribution in [3.63, 3.8) is 0 Å². The molecule has 0 saturated carbocycles. The first-order valence-corrected chi connectivity index (χ1v) is 7.78. The van der Waals surface area contributed by atoms with E-state index in [0.717, 1.165) is 17.1 Å². The molecule has 0 aliphatic carbocycles. The summed E-state index contributed by atoms with van der Waals surface area (Å²) < 4.78 is 37.8. The van der Waals surface area contributed by atoms with Gasteiger partial charge in [0.15, 0.2) is 11.5 Å². The van der Waals surface area contributed by atoms with Gasteiger partial charge in [0.1, 0.15) is 5.76 Å². The fourth-order valence-corrected chi connectivity index (χ4v) is 2.47. The van der Waals surface area contributed by atoms with Crippen LogP contribution in [0, 0.1) is 0 Å². The fraction of sp³-hybridized carbons (Fsp3) is 0.231. The number of hydrogen-bond donors (Lipinski definition) is 2. The number of nitrogens with one attached hydrogen (secondary N) is 1. The van der Waals surface area contributed by atoms with Gasteiger partial charge in [-0.2, -0.15) is 0 Å². The van der Waals surface area contributed by atoms with E-state index in [9.17, 15) is 8.42 Å². The van der Waals surface area contributed by atoms with E-state index in [-0.39, 0.29) is 11.9 Å². The van der Waals surface area contributed by atoms with Crippen molar-refractivity contribution in [2.75, 3.05) is 6.79 Å². The summed E-state index contributed by atoms with van der Waals surface area (Å²) in [5.41, 5.74) is 1.03. The molecule has 0 saturated heterocycles. The molecule has 3 N–H and O–H groups in total. The average molecular weight is 310 g/mol. The van der Waals surface area contributed by atoms with Crippen molar-refractivity contribution in [3.8, 4) is 11.5 Å². The smallest absolute Gasteiger partial charge is 0.271 e. The molecule has 112 valence electrons. The van der Waals surface area contributed by atoms with E-state index < -0.39 is 10.0 Å². The highest BCUT2D eigenvalue weighted by Crippen LogP contribution is 2.32. The van der Waals surface area contributed by atoms with Crippen LogP contribution in [-0.4, -0.2) is 15.2 Å². The number of benzene rings is 1. The highest BCUT2D eigenvalue weighted by Gasteiger charge is 2.14. The number of rotatable bonds is 5. The lowest BCUT2D eigenvalue weighted by Crippen LogP contribution is -2.13. The SMILES string of the molecule is NS(=O)(=O)c1ccc(CNCc2ccc3c(c2)OCO3)o1. The van der Waals surface area contributed by atoms with Gasteiger partial charge in [0.25, 0.3) is 10.0 Å². The Morgan fingerprint density at radius 2 is 1.90 bits per heavy atom. The lowest BCUT2D eigenvalue weighted by Gasteiger charge is -2.04. The first-order valence-electron chi connectivity index (χ1n) is 6.23. The molecule has 2 heterocycles. The Balaban J connectivity index is 1.58. The van der Waals surface area contributed by atoms with Gasteiger partial charge in [0.05, 0.1) is 6.54 Å². The van der Waals surface area contributed by atoms with E-state index in [1.54, 1.807) is 6.07 Å². The summed E-state index contributed by atoms with van der Waals surface area (Å²) in [6.07, 6.45) is 0. The normalized spacial score (nSPS) is 13.6. The molecule has 0 unspecified atom stereocenters. The molecule has 0 radical (unpaired) electrons. The van der Waals surface area contributed by atoms with Crippen LogP contribution in [0.4, 0.5) is 0 Å². The van der Waals surface area contributed by atoms with Crippen molar-refractivity contribution in [1.82, 2.24) is 5.32 Å². The van der Waals surface area contributed by atoms with Crippen LogP contribution in [0.25, 0.3) is 0 Å². The van der Waals surface area contributed by atoms with Gasteiger partial charge in [-0.05, 0) is 29.8 Å². The molecule has 2 aromatic rings. The van der Waals surface area contributed by atoms with Gasteiger partial charge in [-0.15, -0.1) is 0 Å². The minimum absolute atomic E-state index is 0.234. The molecule has 21 heavy (non-hydrogen) atoms. The number of primary sulfonamides is 1. The maximum absolute atomic E-state index is 11.1. The third-order valence-electron chi connectivity index (χ3n) is 2.98. The van der Waals surface area contributed by atoms with Crippen molar-refractivity contribution in [1.29, 1.82) is 0 Å². The maximum atomic E-state index is 11.1. The van der Waals surface area contributed by atoms with Crippen molar-refractivity contribution < 1.29 is 22.3 Å². The van der Waals surface area contributed by atoms with Gasteiger partial charge in [-0.3, -0.25) is 0 Å². The van der Waals surface area contributed by atoms with Crippen LogP contribution in [0.5, 0.6) is 11.5 Å². The Morgan fingerprint density at radius 3 is 2.67 bits per heavy atom. The minimum Gasteiger partial charge on any atom is -0.454 e. The van der Waals surface area contributed by atoms with E-state index in [1.165, 1.54) is 6.07 Å². The first-order chi connectivity index (χ1) is 10.0. The van der Waals surface area contributed by atoms with E-state index in [2.05, 4.69) is 5.32 Å². The Bertz CT molecular complexity index is 754. The van der Waals surface area contributed by atoms with E-state index in [1.807, 2.05) is 18.2 Å². The second-order valence-corrected chi connectivity index (χ2v) is 6.05. The highest BCUT2D eigenvalue weighted by atomic mass is 32.2. The maximum Gasteiger partial charge on any atom is 0.271 e. The molecule has 0 amide bonds. The number of furan rings is 1. The van der Waals surface area contributed by atoms with Crippen LogP contribution in [0.1, 0.15) is 11.3 Å². The monoisotopic (exact) mass is 310 g/mol. The van der Waals surface area contributed by atoms with E-state index >= 15 is 0 Å². The van der Waals surface area contributed by atoms with Crippen molar-refractivity contribution in [2.24, 2.45) is 5.14 Å². The lowest BCUT2D eigenvalue weighted by atomic mass is 10.2. The second-order valence-electron chi connectivity index (χ2n) is 4.56. The summed E-state index contributed by atoms with van der Waals surface area (Å²) in [6.45, 7) is 1.22. The van der Waals surface area contributed by atoms with Gasteiger partial charge >= 0.3 is 0 Å². The van der Waals surface area contributed by atoms with Crippen LogP contribution in [-0.2, 0) is 23.1 Å². The summed E-state index contributed by atoms with van der Waals surface area (Å²) in [5.74, 6) is 1.96. The molecule has 8 heteroatoms. The fourth-order valence-electron chi connectivity index (χ4n) is 1.99. The quantitative estimate of drug-likeness (QED) is 0.852. The summed E-state index contributed by atoms with van der Waals surface area (Å²) >= 11 is 0. The standard InChI is InChI=1S/C13H14N2O5S/c14-21(16,17)13-4-2-10(20-13)7-15-6-9-1-3-11-12(5-9)19-8-18-11/h1-5,15H,6-8H2,(H2,14,16,17). The van der Waals surface area contributed by atoms with E-state index in [4.69, 9.17) is 19.0 Å². The summed E-state index contributed by atoms with van der Waals surface area (Å²) in [6, 6.07) is 8.59. The minimum atomic E-state index is -3.79. The molecule has 0 atom stereocenters. The Hall–Kier alpha value is -2.03. The second kappa shape index (κ2) is 5.40. The Morgan fingerprint density at radius 1 is 1.10 bits per heavy atom. The average Bonchev–Trinajstić information content (AvgIpc) is 3.05. The number of hydrogen-bond acceptors (Lipinski definition) is 6. The molecule has 0 fully saturated rings. The molecule has 0 bridgehead atoms. The first kappa shape index (κ1) is 13.9. The highest BCUT2D eigenvalue weighted by molar-refractivity contribution is 7.89. The predicted octanol–water partition coefficient (Wildman–Crippen LogP) is 0.945. The van der Waals surface area contributed by atoms with Crippen LogP contribution >= 0.6 is 0 Å². The van der Waals surface area contributed by atoms with Gasteiger partial charge < -0.3 is 19.2 Å². The number of fused-ring (bicyclic) bond motifs is 1. The number of sulfonamides is 1. The van der Waals surface area contributed by atoms with Crippen molar-refractivity contribution in [3.05, 3.63) is 41.7 Å². The van der Waals surface area contributed by atoms with Crippen molar-refractivity contribution in [2.45, 2.75) is 18.2 Å². The molecule has 0 spiro atoms. The molecule has 3 rings (SSSR count). The Kier molecular flexibility index (Phi) is 3.58. The third kappa shape index (κ3) is 3.18. The third-order valence-corrected chi connectivity index (χ3v) is 3.76.